The molecule has 2 aromatic rings. The first-order valence-corrected chi connectivity index (χ1v) is 5.61. The van der Waals surface area contributed by atoms with Gasteiger partial charge in [-0.15, -0.1) is 0 Å². The van der Waals surface area contributed by atoms with E-state index >= 15 is 0 Å². The Bertz CT molecular complexity index is 672. The minimum atomic E-state index is -0.373. The summed E-state index contributed by atoms with van der Waals surface area (Å²) in [4.78, 5) is 12.1. The van der Waals surface area contributed by atoms with Gasteiger partial charge in [-0.05, 0) is 36.8 Å². The second kappa shape index (κ2) is 5.23. The first-order valence-electron chi connectivity index (χ1n) is 5.61. The van der Waals surface area contributed by atoms with Crippen LogP contribution in [0.15, 0.2) is 46.6 Å². The SMILES string of the molecule is Cc1occc1C(=O)/C(C#N)=C/c1ccc(O)cc1. The quantitative estimate of drug-likeness (QED) is 0.518. The van der Waals surface area contributed by atoms with E-state index in [0.717, 1.165) is 0 Å². The van der Waals surface area contributed by atoms with Crippen molar-refractivity contribution in [1.29, 1.82) is 5.26 Å². The summed E-state index contributed by atoms with van der Waals surface area (Å²) in [7, 11) is 0. The molecule has 19 heavy (non-hydrogen) atoms. The van der Waals surface area contributed by atoms with Gasteiger partial charge in [-0.25, -0.2) is 0 Å². The van der Waals surface area contributed by atoms with Gasteiger partial charge in [0, 0.05) is 0 Å². The number of hydrogen-bond acceptors (Lipinski definition) is 4. The second-order valence-corrected chi connectivity index (χ2v) is 3.98. The standard InChI is InChI=1S/C15H11NO3/c1-10-14(6-7-19-10)15(18)12(9-16)8-11-2-4-13(17)5-3-11/h2-8,17H,1H3/b12-8+. The molecule has 4 heteroatoms. The lowest BCUT2D eigenvalue weighted by Crippen LogP contribution is -2.02. The van der Waals surface area contributed by atoms with Crippen molar-refractivity contribution >= 4 is 11.9 Å². The average molecular weight is 253 g/mol. The van der Waals surface area contributed by atoms with E-state index in [1.807, 2.05) is 6.07 Å². The lowest BCUT2D eigenvalue weighted by atomic mass is 10.0. The fraction of sp³-hybridized carbons (Fsp3) is 0.0667. The first-order chi connectivity index (χ1) is 9.11. The van der Waals surface area contributed by atoms with Crippen LogP contribution >= 0.6 is 0 Å². The Kier molecular flexibility index (Phi) is 3.48. The number of aromatic hydroxyl groups is 1. The van der Waals surface area contributed by atoms with Crippen LogP contribution in [-0.2, 0) is 0 Å². The molecule has 0 atom stereocenters. The molecule has 0 saturated carbocycles. The van der Waals surface area contributed by atoms with Crippen LogP contribution in [0, 0.1) is 18.3 Å². The van der Waals surface area contributed by atoms with Crippen LogP contribution in [0.4, 0.5) is 0 Å². The smallest absolute Gasteiger partial charge is 0.207 e. The number of Topliss-reactive ketones (excluding diaryl/α,β-unsaturated/α-hetero) is 1. The maximum atomic E-state index is 12.1. The molecule has 0 fully saturated rings. The van der Waals surface area contributed by atoms with E-state index in [9.17, 15) is 9.90 Å². The van der Waals surface area contributed by atoms with Crippen LogP contribution in [0.3, 0.4) is 0 Å². The van der Waals surface area contributed by atoms with Crippen molar-refractivity contribution in [3.63, 3.8) is 0 Å². The third-order valence-electron chi connectivity index (χ3n) is 2.67. The highest BCUT2D eigenvalue weighted by molar-refractivity contribution is 6.14. The van der Waals surface area contributed by atoms with Gasteiger partial charge in [-0.1, -0.05) is 12.1 Å². The normalized spacial score (nSPS) is 11.1. The zero-order valence-corrected chi connectivity index (χ0v) is 10.3. The molecule has 94 valence electrons. The van der Waals surface area contributed by atoms with Gasteiger partial charge in [0.05, 0.1) is 11.8 Å². The number of carbonyl (C=O) groups excluding carboxylic acids is 1. The van der Waals surface area contributed by atoms with Crippen LogP contribution in [0.25, 0.3) is 6.08 Å². The molecular weight excluding hydrogens is 242 g/mol. The number of nitriles is 1. The largest absolute Gasteiger partial charge is 0.508 e. The number of phenols is 1. The predicted molar refractivity (Wildman–Crippen MR) is 69.5 cm³/mol. The zero-order chi connectivity index (χ0) is 13.8. The molecule has 0 aliphatic rings. The number of furan rings is 1. The Hall–Kier alpha value is -2.80. The third-order valence-corrected chi connectivity index (χ3v) is 2.67. The van der Waals surface area contributed by atoms with E-state index in [0.29, 0.717) is 16.9 Å². The average Bonchev–Trinajstić information content (AvgIpc) is 2.83. The summed E-state index contributed by atoms with van der Waals surface area (Å²) >= 11 is 0. The van der Waals surface area contributed by atoms with Gasteiger partial charge >= 0.3 is 0 Å². The molecule has 0 aliphatic heterocycles. The molecule has 0 spiro atoms. The fourth-order valence-electron chi connectivity index (χ4n) is 1.65. The number of carbonyl (C=O) groups is 1. The van der Waals surface area contributed by atoms with Crippen molar-refractivity contribution < 1.29 is 14.3 Å². The minimum absolute atomic E-state index is 0.0233. The van der Waals surface area contributed by atoms with Gasteiger partial charge in [0.25, 0.3) is 0 Å². The lowest BCUT2D eigenvalue weighted by Gasteiger charge is -1.98. The monoisotopic (exact) mass is 253 g/mol. The molecule has 0 amide bonds. The number of nitrogens with zero attached hydrogens (tertiary/aromatic N) is 1. The van der Waals surface area contributed by atoms with Crippen molar-refractivity contribution in [1.82, 2.24) is 0 Å². The molecule has 1 heterocycles. The minimum Gasteiger partial charge on any atom is -0.508 e. The number of rotatable bonds is 3. The van der Waals surface area contributed by atoms with Crippen molar-refractivity contribution in [3.8, 4) is 11.8 Å². The van der Waals surface area contributed by atoms with Crippen molar-refractivity contribution in [2.45, 2.75) is 6.92 Å². The Balaban J connectivity index is 2.36. The molecule has 1 N–H and O–H groups in total. The number of ketones is 1. The molecule has 0 bridgehead atoms. The van der Waals surface area contributed by atoms with E-state index < -0.39 is 0 Å². The number of hydrogen-bond donors (Lipinski definition) is 1. The Labute approximate surface area is 110 Å². The topological polar surface area (TPSA) is 74.2 Å². The van der Waals surface area contributed by atoms with Gasteiger partial charge in [0.2, 0.25) is 5.78 Å². The maximum Gasteiger partial charge on any atom is 0.207 e. The molecule has 0 unspecified atom stereocenters. The van der Waals surface area contributed by atoms with Crippen LogP contribution in [0.2, 0.25) is 0 Å². The van der Waals surface area contributed by atoms with Crippen molar-refractivity contribution in [3.05, 3.63) is 59.1 Å². The van der Waals surface area contributed by atoms with E-state index in [2.05, 4.69) is 0 Å². The summed E-state index contributed by atoms with van der Waals surface area (Å²) in [6.07, 6.45) is 2.90. The van der Waals surface area contributed by atoms with Gasteiger partial charge in [-0.2, -0.15) is 5.26 Å². The number of phenolic OH excluding ortho intramolecular Hbond substituents is 1. The molecule has 2 rings (SSSR count). The van der Waals surface area contributed by atoms with Crippen LogP contribution < -0.4 is 0 Å². The highest BCUT2D eigenvalue weighted by Crippen LogP contribution is 2.17. The summed E-state index contributed by atoms with van der Waals surface area (Å²) in [6.45, 7) is 1.67. The van der Waals surface area contributed by atoms with Gasteiger partial charge in [-0.3, -0.25) is 4.79 Å². The van der Waals surface area contributed by atoms with Gasteiger partial charge < -0.3 is 9.52 Å². The number of aryl methyl sites for hydroxylation is 1. The van der Waals surface area contributed by atoms with E-state index in [-0.39, 0.29) is 17.1 Å². The molecule has 0 saturated heterocycles. The fourth-order valence-corrected chi connectivity index (χ4v) is 1.65. The van der Waals surface area contributed by atoms with Crippen LogP contribution in [0.5, 0.6) is 5.75 Å². The van der Waals surface area contributed by atoms with Crippen molar-refractivity contribution in [2.24, 2.45) is 0 Å². The highest BCUT2D eigenvalue weighted by Gasteiger charge is 2.16. The molecular formula is C15H11NO3. The summed E-state index contributed by atoms with van der Waals surface area (Å²) in [5.74, 6) is 0.242. The second-order valence-electron chi connectivity index (χ2n) is 3.98. The molecule has 0 radical (unpaired) electrons. The van der Waals surface area contributed by atoms with Crippen LogP contribution in [-0.4, -0.2) is 10.9 Å². The Morgan fingerprint density at radius 1 is 1.32 bits per heavy atom. The maximum absolute atomic E-state index is 12.1. The first kappa shape index (κ1) is 12.7. The van der Waals surface area contributed by atoms with E-state index in [1.165, 1.54) is 24.5 Å². The molecule has 1 aromatic carbocycles. The van der Waals surface area contributed by atoms with Gasteiger partial charge in [0.15, 0.2) is 0 Å². The summed E-state index contributed by atoms with van der Waals surface area (Å²) < 4.78 is 5.06. The molecule has 4 nitrogen and oxygen atoms in total. The molecule has 1 aromatic heterocycles. The summed E-state index contributed by atoms with van der Waals surface area (Å²) in [6, 6.07) is 9.67. The highest BCUT2D eigenvalue weighted by atomic mass is 16.3. The van der Waals surface area contributed by atoms with Crippen LogP contribution in [0.1, 0.15) is 21.7 Å². The van der Waals surface area contributed by atoms with E-state index in [4.69, 9.17) is 9.68 Å². The van der Waals surface area contributed by atoms with E-state index in [1.54, 1.807) is 25.1 Å². The molecule has 0 aliphatic carbocycles. The van der Waals surface area contributed by atoms with Crippen molar-refractivity contribution in [2.75, 3.05) is 0 Å². The Morgan fingerprint density at radius 3 is 2.53 bits per heavy atom. The number of allylic oxidation sites excluding steroid dienone is 1. The summed E-state index contributed by atoms with van der Waals surface area (Å²) in [5, 5.41) is 18.3. The van der Waals surface area contributed by atoms with Gasteiger partial charge in [0.1, 0.15) is 23.2 Å². The predicted octanol–water partition coefficient (Wildman–Crippen LogP) is 3.08. The third kappa shape index (κ3) is 2.72. The number of benzene rings is 1. The lowest BCUT2D eigenvalue weighted by molar-refractivity contribution is 0.103. The Morgan fingerprint density at radius 2 is 2.00 bits per heavy atom. The summed E-state index contributed by atoms with van der Waals surface area (Å²) in [5.41, 5.74) is 1.07. The zero-order valence-electron chi connectivity index (χ0n) is 10.3.